The number of alkyl halides is 3. The van der Waals surface area contributed by atoms with Gasteiger partial charge >= 0.3 is 12.1 Å². The van der Waals surface area contributed by atoms with Crippen LogP contribution in [0.4, 0.5) is 13.2 Å². The van der Waals surface area contributed by atoms with Gasteiger partial charge in [-0.2, -0.15) is 13.2 Å². The number of hydrogen-bond donors (Lipinski definition) is 0. The summed E-state index contributed by atoms with van der Waals surface area (Å²) in [5.74, 6) is -0.247. The minimum Gasteiger partial charge on any atom is -0.493 e. The van der Waals surface area contributed by atoms with Crippen LogP contribution in [-0.4, -0.2) is 59.1 Å². The zero-order chi connectivity index (χ0) is 23.6. The maximum absolute atomic E-state index is 13.5. The van der Waals surface area contributed by atoms with Crippen molar-refractivity contribution in [2.75, 3.05) is 42.1 Å². The van der Waals surface area contributed by atoms with E-state index in [0.29, 0.717) is 39.7 Å². The monoisotopic (exact) mass is 455 g/mol. The Labute approximate surface area is 183 Å². The van der Waals surface area contributed by atoms with Crippen LogP contribution < -0.4 is 23.7 Å². The standard InChI is InChI=1S/C22H24F3NO6/c1-28-15-7-6-12(10-16(15)29-2)18-14-11-17(30-3)20(32-5)19(31-4)13(14)8-9-26(18)21(27)22(23,24)25/h6-7,10-11,18H,8-9H2,1-5H3. The summed E-state index contributed by atoms with van der Waals surface area (Å²) >= 11 is 0. The molecule has 1 heterocycles. The number of nitrogens with zero attached hydrogens (tertiary/aromatic N) is 1. The molecule has 0 aliphatic carbocycles. The first-order valence-electron chi connectivity index (χ1n) is 9.63. The molecular formula is C22H24F3NO6. The highest BCUT2D eigenvalue weighted by Gasteiger charge is 2.47. The van der Waals surface area contributed by atoms with Crippen LogP contribution in [0.2, 0.25) is 0 Å². The third-order valence-corrected chi connectivity index (χ3v) is 5.40. The number of halogens is 3. The van der Waals surface area contributed by atoms with Crippen molar-refractivity contribution in [2.24, 2.45) is 0 Å². The Balaban J connectivity index is 2.30. The van der Waals surface area contributed by atoms with Crippen LogP contribution in [0.5, 0.6) is 28.7 Å². The van der Waals surface area contributed by atoms with Gasteiger partial charge in [0.15, 0.2) is 23.0 Å². The first-order chi connectivity index (χ1) is 15.2. The fourth-order valence-electron chi connectivity index (χ4n) is 4.03. The third-order valence-electron chi connectivity index (χ3n) is 5.40. The summed E-state index contributed by atoms with van der Waals surface area (Å²) < 4.78 is 67.3. The molecule has 0 fully saturated rings. The Kier molecular flexibility index (Phi) is 6.61. The minimum absolute atomic E-state index is 0.143. The van der Waals surface area contributed by atoms with E-state index in [-0.39, 0.29) is 18.7 Å². The molecule has 174 valence electrons. The first-order valence-corrected chi connectivity index (χ1v) is 9.63. The number of amides is 1. The molecule has 1 aliphatic heterocycles. The molecule has 1 amide bonds. The Hall–Kier alpha value is -3.30. The van der Waals surface area contributed by atoms with Gasteiger partial charge in [0, 0.05) is 12.1 Å². The molecule has 2 aromatic carbocycles. The summed E-state index contributed by atoms with van der Waals surface area (Å²) in [7, 11) is 7.18. The highest BCUT2D eigenvalue weighted by Crippen LogP contribution is 2.49. The highest BCUT2D eigenvalue weighted by molar-refractivity contribution is 5.83. The molecule has 1 atom stereocenters. The molecule has 32 heavy (non-hydrogen) atoms. The number of rotatable bonds is 6. The highest BCUT2D eigenvalue weighted by atomic mass is 19.4. The predicted octanol–water partition coefficient (Wildman–Crippen LogP) is 3.77. The number of hydrogen-bond acceptors (Lipinski definition) is 6. The lowest BCUT2D eigenvalue weighted by Crippen LogP contribution is -2.47. The van der Waals surface area contributed by atoms with Gasteiger partial charge in [0.05, 0.1) is 41.6 Å². The molecule has 0 aromatic heterocycles. The molecule has 2 aromatic rings. The first kappa shape index (κ1) is 23.4. The van der Waals surface area contributed by atoms with E-state index in [0.717, 1.165) is 4.90 Å². The average molecular weight is 455 g/mol. The van der Waals surface area contributed by atoms with Crippen molar-refractivity contribution in [3.8, 4) is 28.7 Å². The fraction of sp³-hybridized carbons (Fsp3) is 0.409. The Morgan fingerprint density at radius 2 is 1.50 bits per heavy atom. The number of methoxy groups -OCH3 is 5. The Morgan fingerprint density at radius 1 is 0.875 bits per heavy atom. The van der Waals surface area contributed by atoms with E-state index in [2.05, 4.69) is 0 Å². The molecule has 10 heteroatoms. The van der Waals surface area contributed by atoms with Gasteiger partial charge in [0.2, 0.25) is 5.75 Å². The zero-order valence-electron chi connectivity index (χ0n) is 18.3. The Morgan fingerprint density at radius 3 is 2.03 bits per heavy atom. The molecule has 1 aliphatic rings. The molecule has 0 saturated carbocycles. The molecule has 0 N–H and O–H groups in total. The lowest BCUT2D eigenvalue weighted by molar-refractivity contribution is -0.187. The zero-order valence-corrected chi connectivity index (χ0v) is 18.3. The van der Waals surface area contributed by atoms with Crippen LogP contribution >= 0.6 is 0 Å². The van der Waals surface area contributed by atoms with Crippen LogP contribution in [-0.2, 0) is 11.2 Å². The van der Waals surface area contributed by atoms with Gasteiger partial charge in [-0.05, 0) is 35.7 Å². The van der Waals surface area contributed by atoms with Gasteiger partial charge in [-0.25, -0.2) is 0 Å². The van der Waals surface area contributed by atoms with E-state index >= 15 is 0 Å². The van der Waals surface area contributed by atoms with Crippen LogP contribution in [0.3, 0.4) is 0 Å². The number of carbonyl (C=O) groups excluding carboxylic acids is 1. The van der Waals surface area contributed by atoms with Crippen molar-refractivity contribution in [3.05, 3.63) is 41.0 Å². The normalized spacial score (nSPS) is 15.6. The van der Waals surface area contributed by atoms with Crippen molar-refractivity contribution in [1.29, 1.82) is 0 Å². The summed E-state index contributed by atoms with van der Waals surface area (Å²) in [6.45, 7) is -0.170. The molecule has 7 nitrogen and oxygen atoms in total. The van der Waals surface area contributed by atoms with Crippen molar-refractivity contribution < 1.29 is 41.7 Å². The summed E-state index contributed by atoms with van der Waals surface area (Å²) in [5, 5.41) is 0. The maximum atomic E-state index is 13.5. The quantitative estimate of drug-likeness (QED) is 0.661. The van der Waals surface area contributed by atoms with Crippen molar-refractivity contribution in [3.63, 3.8) is 0 Å². The summed E-state index contributed by atoms with van der Waals surface area (Å²) in [6, 6.07) is 5.24. The second kappa shape index (κ2) is 9.05. The lowest BCUT2D eigenvalue weighted by atomic mass is 9.86. The molecule has 0 saturated heterocycles. The van der Waals surface area contributed by atoms with E-state index in [1.165, 1.54) is 35.5 Å². The number of fused-ring (bicyclic) bond motifs is 1. The second-order valence-electron chi connectivity index (χ2n) is 6.98. The summed E-state index contributed by atoms with van der Waals surface area (Å²) in [6.07, 6.45) is -4.89. The van der Waals surface area contributed by atoms with E-state index in [1.807, 2.05) is 0 Å². The van der Waals surface area contributed by atoms with Crippen molar-refractivity contribution in [1.82, 2.24) is 4.90 Å². The van der Waals surface area contributed by atoms with Gasteiger partial charge in [-0.1, -0.05) is 6.07 Å². The van der Waals surface area contributed by atoms with E-state index in [4.69, 9.17) is 23.7 Å². The number of ether oxygens (including phenoxy) is 5. The molecular weight excluding hydrogens is 431 g/mol. The van der Waals surface area contributed by atoms with Gasteiger partial charge in [0.1, 0.15) is 0 Å². The lowest BCUT2D eigenvalue weighted by Gasteiger charge is -2.39. The van der Waals surface area contributed by atoms with E-state index < -0.39 is 18.1 Å². The molecule has 0 radical (unpaired) electrons. The SMILES string of the molecule is COc1ccc(C2c3cc(OC)c(OC)c(OC)c3CCN2C(=O)C(F)(F)F)cc1OC. The van der Waals surface area contributed by atoms with Gasteiger partial charge in [0.25, 0.3) is 0 Å². The van der Waals surface area contributed by atoms with Crippen molar-refractivity contribution >= 4 is 5.91 Å². The number of carbonyl (C=O) groups is 1. The van der Waals surface area contributed by atoms with Crippen molar-refractivity contribution in [2.45, 2.75) is 18.6 Å². The predicted molar refractivity (Wildman–Crippen MR) is 109 cm³/mol. The summed E-state index contributed by atoms with van der Waals surface area (Å²) in [4.78, 5) is 13.2. The summed E-state index contributed by atoms with van der Waals surface area (Å²) in [5.41, 5.74) is 1.49. The van der Waals surface area contributed by atoms with Crippen LogP contribution in [0, 0.1) is 0 Å². The average Bonchev–Trinajstić information content (AvgIpc) is 2.80. The van der Waals surface area contributed by atoms with Crippen LogP contribution in [0.15, 0.2) is 24.3 Å². The molecule has 1 unspecified atom stereocenters. The van der Waals surface area contributed by atoms with Gasteiger partial charge in [-0.15, -0.1) is 0 Å². The van der Waals surface area contributed by atoms with Crippen LogP contribution in [0.1, 0.15) is 22.7 Å². The number of benzene rings is 2. The van der Waals surface area contributed by atoms with E-state index in [9.17, 15) is 18.0 Å². The largest absolute Gasteiger partial charge is 0.493 e. The van der Waals surface area contributed by atoms with E-state index in [1.54, 1.807) is 24.3 Å². The molecule has 3 rings (SSSR count). The van der Waals surface area contributed by atoms with Gasteiger partial charge in [-0.3, -0.25) is 4.79 Å². The molecule has 0 bridgehead atoms. The third kappa shape index (κ3) is 3.96. The Bertz CT molecular complexity index is 1010. The maximum Gasteiger partial charge on any atom is 0.471 e. The van der Waals surface area contributed by atoms with Crippen LogP contribution in [0.25, 0.3) is 0 Å². The second-order valence-corrected chi connectivity index (χ2v) is 6.98. The van der Waals surface area contributed by atoms with Gasteiger partial charge < -0.3 is 28.6 Å². The molecule has 0 spiro atoms. The minimum atomic E-state index is -5.03. The fourth-order valence-corrected chi connectivity index (χ4v) is 4.03. The smallest absolute Gasteiger partial charge is 0.471 e. The topological polar surface area (TPSA) is 66.5 Å².